The quantitative estimate of drug-likeness (QED) is 0.181. The summed E-state index contributed by atoms with van der Waals surface area (Å²) in [4.78, 5) is 15.7. The lowest BCUT2D eigenvalue weighted by molar-refractivity contribution is 0.669. The van der Waals surface area contributed by atoms with Gasteiger partial charge in [0.25, 0.3) is 0 Å². The summed E-state index contributed by atoms with van der Waals surface area (Å²) >= 11 is 0. The number of para-hydroxylation sites is 2. The first-order chi connectivity index (χ1) is 27.7. The van der Waals surface area contributed by atoms with Crippen molar-refractivity contribution in [3.63, 3.8) is 0 Å². The number of rotatable bonds is 4. The molecule has 3 aromatic heterocycles. The zero-order valence-electron chi connectivity index (χ0n) is 29.9. The molecule has 5 heteroatoms. The molecular weight excluding hydrogens is 687 g/mol. The van der Waals surface area contributed by atoms with Gasteiger partial charge in [-0.1, -0.05) is 127 Å². The van der Waals surface area contributed by atoms with E-state index in [1.807, 2.05) is 42.5 Å². The Morgan fingerprint density at radius 1 is 0.286 bits per heavy atom. The van der Waals surface area contributed by atoms with E-state index in [0.29, 0.717) is 17.5 Å². The first-order valence-corrected chi connectivity index (χ1v) is 18.8. The maximum absolute atomic E-state index is 6.29. The maximum atomic E-state index is 6.29. The van der Waals surface area contributed by atoms with Crippen LogP contribution in [0.4, 0.5) is 0 Å². The summed E-state index contributed by atoms with van der Waals surface area (Å²) in [7, 11) is 0. The number of hydrogen-bond donors (Lipinski definition) is 0. The van der Waals surface area contributed by atoms with Gasteiger partial charge in [0.05, 0.1) is 0 Å². The normalized spacial score (nSPS) is 11.9. The molecule has 0 aliphatic heterocycles. The first-order valence-electron chi connectivity index (χ1n) is 18.8. The summed E-state index contributed by atoms with van der Waals surface area (Å²) in [5.74, 6) is 1.81. The van der Waals surface area contributed by atoms with Crippen molar-refractivity contribution >= 4 is 76.2 Å². The van der Waals surface area contributed by atoms with Crippen molar-refractivity contribution in [2.45, 2.75) is 0 Å². The summed E-state index contributed by atoms with van der Waals surface area (Å²) in [6.45, 7) is 0. The maximum Gasteiger partial charge on any atom is 0.164 e. The molecular formula is C51H29N3O2. The molecule has 260 valence electrons. The molecule has 56 heavy (non-hydrogen) atoms. The molecule has 9 aromatic carbocycles. The van der Waals surface area contributed by atoms with Gasteiger partial charge in [-0.2, -0.15) is 0 Å². The lowest BCUT2D eigenvalue weighted by Crippen LogP contribution is -2.01. The highest BCUT2D eigenvalue weighted by Gasteiger charge is 2.20. The lowest BCUT2D eigenvalue weighted by Gasteiger charge is -2.14. The number of nitrogens with zero attached hydrogens (tertiary/aromatic N) is 3. The van der Waals surface area contributed by atoms with Crippen molar-refractivity contribution in [2.24, 2.45) is 0 Å². The summed E-state index contributed by atoms with van der Waals surface area (Å²) < 4.78 is 12.6. The van der Waals surface area contributed by atoms with Gasteiger partial charge in [-0.3, -0.25) is 0 Å². The smallest absolute Gasteiger partial charge is 0.164 e. The van der Waals surface area contributed by atoms with E-state index in [1.54, 1.807) is 0 Å². The van der Waals surface area contributed by atoms with E-state index in [4.69, 9.17) is 23.8 Å². The van der Waals surface area contributed by atoms with Crippen molar-refractivity contribution in [1.82, 2.24) is 15.0 Å². The fourth-order valence-corrected chi connectivity index (χ4v) is 8.42. The third kappa shape index (κ3) is 4.78. The third-order valence-corrected chi connectivity index (χ3v) is 11.1. The second-order valence-electron chi connectivity index (χ2n) is 14.4. The number of benzene rings is 9. The summed E-state index contributed by atoms with van der Waals surface area (Å²) in [6.07, 6.45) is 0. The molecule has 0 radical (unpaired) electrons. The fraction of sp³-hybridized carbons (Fsp3) is 0. The minimum atomic E-state index is 0.593. The van der Waals surface area contributed by atoms with Gasteiger partial charge >= 0.3 is 0 Å². The fourth-order valence-electron chi connectivity index (χ4n) is 8.42. The molecule has 0 atom stereocenters. The van der Waals surface area contributed by atoms with E-state index in [1.165, 1.54) is 5.39 Å². The molecule has 0 spiro atoms. The van der Waals surface area contributed by atoms with Crippen LogP contribution < -0.4 is 0 Å². The van der Waals surface area contributed by atoms with Crippen LogP contribution in [0, 0.1) is 0 Å². The monoisotopic (exact) mass is 715 g/mol. The molecule has 3 heterocycles. The zero-order chi connectivity index (χ0) is 36.7. The number of hydrogen-bond acceptors (Lipinski definition) is 5. The predicted octanol–water partition coefficient (Wildman–Crippen LogP) is 13.8. The van der Waals surface area contributed by atoms with Gasteiger partial charge in [0, 0.05) is 38.2 Å². The van der Waals surface area contributed by atoms with E-state index in [-0.39, 0.29) is 0 Å². The Kier molecular flexibility index (Phi) is 6.56. The topological polar surface area (TPSA) is 65.0 Å². The second kappa shape index (κ2) is 11.9. The molecule has 12 rings (SSSR count). The highest BCUT2D eigenvalue weighted by Crippen LogP contribution is 2.40. The van der Waals surface area contributed by atoms with Crippen molar-refractivity contribution in [1.29, 1.82) is 0 Å². The molecule has 0 bridgehead atoms. The Morgan fingerprint density at radius 2 is 0.857 bits per heavy atom. The van der Waals surface area contributed by atoms with E-state index in [0.717, 1.165) is 98.6 Å². The Bertz CT molecular complexity index is 3560. The van der Waals surface area contributed by atoms with Crippen molar-refractivity contribution in [3.05, 3.63) is 176 Å². The molecule has 5 nitrogen and oxygen atoms in total. The van der Waals surface area contributed by atoms with Crippen LogP contribution in [-0.2, 0) is 0 Å². The zero-order valence-corrected chi connectivity index (χ0v) is 29.9. The van der Waals surface area contributed by atoms with Gasteiger partial charge in [0.1, 0.15) is 22.3 Å². The van der Waals surface area contributed by atoms with Crippen LogP contribution >= 0.6 is 0 Å². The number of aromatic nitrogens is 3. The molecule has 0 unspecified atom stereocenters. The van der Waals surface area contributed by atoms with Crippen molar-refractivity contribution < 1.29 is 8.83 Å². The van der Waals surface area contributed by atoms with Crippen LogP contribution in [0.3, 0.4) is 0 Å². The largest absolute Gasteiger partial charge is 0.456 e. The highest BCUT2D eigenvalue weighted by molar-refractivity contribution is 6.13. The van der Waals surface area contributed by atoms with E-state index >= 15 is 0 Å². The average molecular weight is 716 g/mol. The van der Waals surface area contributed by atoms with E-state index in [9.17, 15) is 0 Å². The Balaban J connectivity index is 1.06. The molecule has 0 aliphatic carbocycles. The van der Waals surface area contributed by atoms with Gasteiger partial charge in [0.15, 0.2) is 17.5 Å². The van der Waals surface area contributed by atoms with Crippen LogP contribution in [-0.4, -0.2) is 15.0 Å². The summed E-state index contributed by atoms with van der Waals surface area (Å²) in [5, 5.41) is 11.1. The minimum Gasteiger partial charge on any atom is -0.456 e. The molecule has 0 fully saturated rings. The summed E-state index contributed by atoms with van der Waals surface area (Å²) in [6, 6.07) is 61.1. The SMILES string of the molecule is c1ccc2cc(-c3nc(-c4ccc(-c5ccc6cc7c(cc6c5)oc5ccccc57)c5ccccc45)nc(-c4cccc5oc6ccccc6c45)n3)ccc2c1. The molecule has 0 saturated carbocycles. The van der Waals surface area contributed by atoms with Crippen LogP contribution in [0.2, 0.25) is 0 Å². The predicted molar refractivity (Wildman–Crippen MR) is 229 cm³/mol. The Labute approximate surface area is 320 Å². The van der Waals surface area contributed by atoms with Gasteiger partial charge < -0.3 is 8.83 Å². The van der Waals surface area contributed by atoms with Crippen molar-refractivity contribution in [2.75, 3.05) is 0 Å². The minimum absolute atomic E-state index is 0.593. The van der Waals surface area contributed by atoms with Crippen LogP contribution in [0.5, 0.6) is 0 Å². The molecule has 12 aromatic rings. The van der Waals surface area contributed by atoms with Crippen LogP contribution in [0.25, 0.3) is 121 Å². The number of furan rings is 2. The first kappa shape index (κ1) is 30.8. The molecule has 0 N–H and O–H groups in total. The van der Waals surface area contributed by atoms with Gasteiger partial charge in [-0.25, -0.2) is 15.0 Å². The molecule has 0 aliphatic rings. The molecule has 0 amide bonds. The Hall–Kier alpha value is -7.63. The highest BCUT2D eigenvalue weighted by atomic mass is 16.3. The third-order valence-electron chi connectivity index (χ3n) is 11.1. The van der Waals surface area contributed by atoms with E-state index < -0.39 is 0 Å². The standard InChI is InChI=1S/C51H29N3O2/c1-2-11-31-26-34(23-20-30(31)10-1)49-52-50(54-51(53-49)42-16-9-19-46-48(42)41-15-6-8-18-45(41)55-46)40-25-24-36(37-12-3-4-13-38(37)40)33-22-21-32-28-43-39-14-5-7-17-44(39)56-47(43)29-35(32)27-33/h1-29H. The second-order valence-corrected chi connectivity index (χ2v) is 14.4. The Morgan fingerprint density at radius 3 is 1.71 bits per heavy atom. The average Bonchev–Trinajstić information content (AvgIpc) is 3.82. The lowest BCUT2D eigenvalue weighted by atomic mass is 9.93. The van der Waals surface area contributed by atoms with Crippen molar-refractivity contribution in [3.8, 4) is 45.3 Å². The van der Waals surface area contributed by atoms with Gasteiger partial charge in [0.2, 0.25) is 0 Å². The van der Waals surface area contributed by atoms with Gasteiger partial charge in [-0.05, 0) is 92.0 Å². The molecule has 0 saturated heterocycles. The van der Waals surface area contributed by atoms with E-state index in [2.05, 4.69) is 133 Å². The number of fused-ring (bicyclic) bond motifs is 9. The van der Waals surface area contributed by atoms with Gasteiger partial charge in [-0.15, -0.1) is 0 Å². The van der Waals surface area contributed by atoms with Crippen LogP contribution in [0.1, 0.15) is 0 Å². The van der Waals surface area contributed by atoms with Crippen LogP contribution in [0.15, 0.2) is 185 Å². The summed E-state index contributed by atoms with van der Waals surface area (Å²) in [5.41, 5.74) is 8.44.